The second-order valence-corrected chi connectivity index (χ2v) is 4.46. The summed E-state index contributed by atoms with van der Waals surface area (Å²) in [5.41, 5.74) is 1.16. The van der Waals surface area contributed by atoms with E-state index in [0.717, 1.165) is 0 Å². The summed E-state index contributed by atoms with van der Waals surface area (Å²) in [6.45, 7) is 0.0981. The molecule has 5 heteroatoms. The van der Waals surface area contributed by atoms with Crippen LogP contribution in [-0.2, 0) is 11.3 Å². The van der Waals surface area contributed by atoms with Crippen LogP contribution < -0.4 is 10.6 Å². The molecule has 21 heavy (non-hydrogen) atoms. The van der Waals surface area contributed by atoms with Gasteiger partial charge in [-0.25, -0.2) is 4.39 Å². The zero-order valence-electron chi connectivity index (χ0n) is 11.3. The normalized spacial score (nSPS) is 9.95. The molecule has 0 saturated carbocycles. The first-order valence-electron chi connectivity index (χ1n) is 6.49. The predicted octanol–water partition coefficient (Wildman–Crippen LogP) is 1.87. The van der Waals surface area contributed by atoms with Crippen molar-refractivity contribution in [2.45, 2.75) is 6.54 Å². The first kappa shape index (κ1) is 14.7. The quantitative estimate of drug-likeness (QED) is 0.881. The predicted molar refractivity (Wildman–Crippen MR) is 77.0 cm³/mol. The van der Waals surface area contributed by atoms with Crippen LogP contribution in [0.4, 0.5) is 4.39 Å². The first-order chi connectivity index (χ1) is 10.1. The van der Waals surface area contributed by atoms with Gasteiger partial charge in [0.05, 0.1) is 6.54 Å². The molecule has 0 atom stereocenters. The Hall–Kier alpha value is -2.69. The van der Waals surface area contributed by atoms with Crippen LogP contribution in [0.1, 0.15) is 15.9 Å². The lowest BCUT2D eigenvalue weighted by molar-refractivity contribution is -0.120. The second kappa shape index (κ2) is 7.19. The molecule has 2 aromatic rings. The van der Waals surface area contributed by atoms with Crippen molar-refractivity contribution in [1.29, 1.82) is 0 Å². The van der Waals surface area contributed by atoms with Crippen LogP contribution in [0.25, 0.3) is 0 Å². The van der Waals surface area contributed by atoms with Crippen molar-refractivity contribution in [2.75, 3.05) is 6.54 Å². The average molecular weight is 286 g/mol. The van der Waals surface area contributed by atoms with Gasteiger partial charge in [0.1, 0.15) is 5.82 Å². The van der Waals surface area contributed by atoms with E-state index >= 15 is 0 Å². The first-order valence-corrected chi connectivity index (χ1v) is 6.49. The van der Waals surface area contributed by atoms with Gasteiger partial charge in [0, 0.05) is 12.1 Å². The molecule has 0 unspecified atom stereocenters. The van der Waals surface area contributed by atoms with Crippen LogP contribution in [0.5, 0.6) is 0 Å². The van der Waals surface area contributed by atoms with Gasteiger partial charge in [0.15, 0.2) is 0 Å². The van der Waals surface area contributed by atoms with Gasteiger partial charge in [-0.05, 0) is 29.8 Å². The van der Waals surface area contributed by atoms with E-state index in [1.165, 1.54) is 12.1 Å². The van der Waals surface area contributed by atoms with E-state index in [9.17, 15) is 14.0 Å². The van der Waals surface area contributed by atoms with Crippen LogP contribution in [0.3, 0.4) is 0 Å². The summed E-state index contributed by atoms with van der Waals surface area (Å²) in [5, 5.41) is 5.13. The van der Waals surface area contributed by atoms with E-state index in [2.05, 4.69) is 10.6 Å². The van der Waals surface area contributed by atoms with Crippen LogP contribution in [0, 0.1) is 5.82 Å². The van der Waals surface area contributed by atoms with E-state index in [1.54, 1.807) is 36.4 Å². The minimum Gasteiger partial charge on any atom is -0.350 e. The molecule has 0 aliphatic heterocycles. The third-order valence-corrected chi connectivity index (χ3v) is 2.82. The molecule has 0 heterocycles. The smallest absolute Gasteiger partial charge is 0.251 e. The average Bonchev–Trinajstić information content (AvgIpc) is 2.51. The third kappa shape index (κ3) is 4.72. The second-order valence-electron chi connectivity index (χ2n) is 4.46. The standard InChI is InChI=1S/C16H15FN2O2/c17-14-8-4-5-12(9-14)10-18-15(20)11-19-16(21)13-6-2-1-3-7-13/h1-9H,10-11H2,(H,18,20)(H,19,21). The molecule has 0 radical (unpaired) electrons. The highest BCUT2D eigenvalue weighted by molar-refractivity contribution is 5.96. The Balaban J connectivity index is 1.76. The number of benzene rings is 2. The van der Waals surface area contributed by atoms with Gasteiger partial charge in [-0.2, -0.15) is 0 Å². The Morgan fingerprint density at radius 1 is 0.952 bits per heavy atom. The molecule has 0 aromatic heterocycles. The summed E-state index contributed by atoms with van der Waals surface area (Å²) >= 11 is 0. The van der Waals surface area contributed by atoms with Gasteiger partial charge < -0.3 is 10.6 Å². The minimum absolute atomic E-state index is 0.122. The molecule has 108 valence electrons. The maximum absolute atomic E-state index is 13.0. The van der Waals surface area contributed by atoms with Gasteiger partial charge >= 0.3 is 0 Å². The van der Waals surface area contributed by atoms with Crippen LogP contribution >= 0.6 is 0 Å². The Bertz CT molecular complexity index is 629. The lowest BCUT2D eigenvalue weighted by atomic mass is 10.2. The Kier molecular flexibility index (Phi) is 5.04. The summed E-state index contributed by atoms with van der Waals surface area (Å²) in [5.74, 6) is -0.987. The lowest BCUT2D eigenvalue weighted by Crippen LogP contribution is -2.36. The third-order valence-electron chi connectivity index (χ3n) is 2.82. The zero-order chi connectivity index (χ0) is 15.1. The fraction of sp³-hybridized carbons (Fsp3) is 0.125. The van der Waals surface area contributed by atoms with Crippen molar-refractivity contribution in [3.8, 4) is 0 Å². The minimum atomic E-state index is -0.348. The molecule has 4 nitrogen and oxygen atoms in total. The van der Waals surface area contributed by atoms with Crippen molar-refractivity contribution < 1.29 is 14.0 Å². The summed E-state index contributed by atoms with van der Waals surface area (Å²) in [7, 11) is 0. The van der Waals surface area contributed by atoms with Gasteiger partial charge in [-0.3, -0.25) is 9.59 Å². The van der Waals surface area contributed by atoms with Crippen LogP contribution in [0.15, 0.2) is 54.6 Å². The van der Waals surface area contributed by atoms with Gasteiger partial charge in [0.25, 0.3) is 5.91 Å². The lowest BCUT2D eigenvalue weighted by Gasteiger charge is -2.07. The molecule has 2 aromatic carbocycles. The molecule has 0 bridgehead atoms. The molecule has 2 N–H and O–H groups in total. The summed E-state index contributed by atoms with van der Waals surface area (Å²) in [4.78, 5) is 23.3. The summed E-state index contributed by atoms with van der Waals surface area (Å²) < 4.78 is 13.0. The Morgan fingerprint density at radius 2 is 1.71 bits per heavy atom. The van der Waals surface area contributed by atoms with Gasteiger partial charge in [-0.1, -0.05) is 30.3 Å². The number of carbonyl (C=O) groups excluding carboxylic acids is 2. The van der Waals surface area contributed by atoms with E-state index in [1.807, 2.05) is 6.07 Å². The van der Waals surface area contributed by atoms with Crippen LogP contribution in [0.2, 0.25) is 0 Å². The van der Waals surface area contributed by atoms with Gasteiger partial charge in [0.2, 0.25) is 5.91 Å². The van der Waals surface area contributed by atoms with E-state index < -0.39 is 0 Å². The SMILES string of the molecule is O=C(CNC(=O)c1ccccc1)NCc1cccc(F)c1. The van der Waals surface area contributed by atoms with E-state index in [4.69, 9.17) is 0 Å². The van der Waals surface area contributed by atoms with E-state index in [0.29, 0.717) is 11.1 Å². The van der Waals surface area contributed by atoms with Crippen molar-refractivity contribution >= 4 is 11.8 Å². The molecule has 0 saturated heterocycles. The molecule has 2 amide bonds. The van der Waals surface area contributed by atoms with Crippen LogP contribution in [-0.4, -0.2) is 18.4 Å². The topological polar surface area (TPSA) is 58.2 Å². The maximum atomic E-state index is 13.0. The largest absolute Gasteiger partial charge is 0.350 e. The highest BCUT2D eigenvalue weighted by Gasteiger charge is 2.07. The fourth-order valence-electron chi connectivity index (χ4n) is 1.76. The number of halogens is 1. The number of nitrogens with one attached hydrogen (secondary N) is 2. The zero-order valence-corrected chi connectivity index (χ0v) is 11.3. The number of carbonyl (C=O) groups is 2. The molecule has 2 rings (SSSR count). The molecular weight excluding hydrogens is 271 g/mol. The summed E-state index contributed by atoms with van der Waals surface area (Å²) in [6, 6.07) is 14.6. The molecule has 0 aliphatic carbocycles. The highest BCUT2D eigenvalue weighted by Crippen LogP contribution is 2.02. The highest BCUT2D eigenvalue weighted by atomic mass is 19.1. The van der Waals surface area contributed by atoms with Crippen molar-refractivity contribution in [3.05, 3.63) is 71.5 Å². The fourth-order valence-corrected chi connectivity index (χ4v) is 1.76. The molecule has 0 aliphatic rings. The number of amides is 2. The monoisotopic (exact) mass is 286 g/mol. The molecule has 0 spiro atoms. The van der Waals surface area contributed by atoms with Gasteiger partial charge in [-0.15, -0.1) is 0 Å². The van der Waals surface area contributed by atoms with E-state index in [-0.39, 0.29) is 30.7 Å². The number of hydrogen-bond donors (Lipinski definition) is 2. The van der Waals surface area contributed by atoms with Crippen molar-refractivity contribution in [2.24, 2.45) is 0 Å². The molecule has 0 fully saturated rings. The number of rotatable bonds is 5. The Morgan fingerprint density at radius 3 is 2.43 bits per heavy atom. The van der Waals surface area contributed by atoms with Crippen molar-refractivity contribution in [1.82, 2.24) is 10.6 Å². The number of hydrogen-bond acceptors (Lipinski definition) is 2. The summed E-state index contributed by atoms with van der Waals surface area (Å²) in [6.07, 6.45) is 0. The Labute approximate surface area is 122 Å². The maximum Gasteiger partial charge on any atom is 0.251 e. The van der Waals surface area contributed by atoms with Crippen molar-refractivity contribution in [3.63, 3.8) is 0 Å². The molecular formula is C16H15FN2O2.